The largest absolute Gasteiger partial charge is 0.494 e. The van der Waals surface area contributed by atoms with Gasteiger partial charge in [-0.15, -0.1) is 12.4 Å². The van der Waals surface area contributed by atoms with Crippen LogP contribution in [0.25, 0.3) is 10.2 Å². The number of nitrogens with zero attached hydrogens (tertiary/aromatic N) is 4. The van der Waals surface area contributed by atoms with E-state index in [1.54, 1.807) is 24.1 Å². The van der Waals surface area contributed by atoms with Gasteiger partial charge in [-0.2, -0.15) is 0 Å². The first-order chi connectivity index (χ1) is 16.1. The fraction of sp³-hybridized carbons (Fsp3) is 0.391. The standard InChI is InChI=1S/C23H29ClN4O4S2.ClH/c1-6-27(7-2)14-15-28(23-25-20-19(32-5)13-12-18(24)21(20)33-23)22(29)16-8-10-17(11-9-16)34(30,31)26(3)4;/h8-13H,6-7,14-15H2,1-5H3;1H. The second-order valence-corrected chi connectivity index (χ2v) is 11.3. The SMILES string of the molecule is CCN(CC)CCN(C(=O)c1ccc(S(=O)(=O)N(C)C)cc1)c1nc2c(OC)ccc(Cl)c2s1.Cl. The Kier molecular flexibility index (Phi) is 10.3. The van der Waals surface area contributed by atoms with Crippen molar-refractivity contribution < 1.29 is 17.9 Å². The molecule has 0 saturated heterocycles. The number of thiazole rings is 1. The van der Waals surface area contributed by atoms with Gasteiger partial charge in [-0.3, -0.25) is 9.69 Å². The summed E-state index contributed by atoms with van der Waals surface area (Å²) in [4.78, 5) is 22.3. The number of benzene rings is 2. The molecule has 0 aliphatic carbocycles. The number of anilines is 1. The van der Waals surface area contributed by atoms with Crippen molar-refractivity contribution in [2.45, 2.75) is 18.7 Å². The maximum absolute atomic E-state index is 13.6. The summed E-state index contributed by atoms with van der Waals surface area (Å²) in [7, 11) is 0.913. The Labute approximate surface area is 221 Å². The monoisotopic (exact) mass is 560 g/mol. The molecule has 0 N–H and O–H groups in total. The maximum Gasteiger partial charge on any atom is 0.260 e. The first-order valence-corrected chi connectivity index (χ1v) is 13.5. The van der Waals surface area contributed by atoms with Gasteiger partial charge in [0.05, 0.1) is 21.7 Å². The Hall–Kier alpha value is -1.95. The molecule has 0 aliphatic rings. The maximum atomic E-state index is 13.6. The molecule has 3 aromatic rings. The van der Waals surface area contributed by atoms with Gasteiger partial charge in [0.25, 0.3) is 5.91 Å². The number of hydrogen-bond donors (Lipinski definition) is 0. The van der Waals surface area contributed by atoms with E-state index in [9.17, 15) is 13.2 Å². The number of amides is 1. The molecule has 0 fully saturated rings. The third kappa shape index (κ3) is 6.25. The van der Waals surface area contributed by atoms with Crippen LogP contribution < -0.4 is 9.64 Å². The van der Waals surface area contributed by atoms with Crippen molar-refractivity contribution in [1.29, 1.82) is 0 Å². The molecule has 0 unspecified atom stereocenters. The lowest BCUT2D eigenvalue weighted by Gasteiger charge is -2.25. The normalized spacial score (nSPS) is 11.7. The van der Waals surface area contributed by atoms with Crippen molar-refractivity contribution in [3.63, 3.8) is 0 Å². The van der Waals surface area contributed by atoms with Crippen molar-refractivity contribution in [2.75, 3.05) is 52.3 Å². The first-order valence-electron chi connectivity index (χ1n) is 10.8. The summed E-state index contributed by atoms with van der Waals surface area (Å²) in [6.45, 7) is 6.93. The van der Waals surface area contributed by atoms with E-state index in [0.29, 0.717) is 40.1 Å². The van der Waals surface area contributed by atoms with Gasteiger partial charge in [-0.1, -0.05) is 36.8 Å². The minimum atomic E-state index is -3.59. The molecule has 35 heavy (non-hydrogen) atoms. The van der Waals surface area contributed by atoms with E-state index in [4.69, 9.17) is 21.3 Å². The zero-order valence-corrected chi connectivity index (χ0v) is 23.5. The number of halogens is 2. The van der Waals surface area contributed by atoms with Gasteiger partial charge in [0, 0.05) is 32.7 Å². The molecule has 0 radical (unpaired) electrons. The Morgan fingerprint density at radius 3 is 2.23 bits per heavy atom. The van der Waals surface area contributed by atoms with Gasteiger partial charge in [0.2, 0.25) is 10.0 Å². The molecular weight excluding hydrogens is 531 g/mol. The van der Waals surface area contributed by atoms with E-state index in [-0.39, 0.29) is 23.2 Å². The molecule has 1 heterocycles. The number of fused-ring (bicyclic) bond motifs is 1. The smallest absolute Gasteiger partial charge is 0.260 e. The minimum Gasteiger partial charge on any atom is -0.494 e. The number of likely N-dealkylation sites (N-methyl/N-ethyl adjacent to an activating group) is 1. The van der Waals surface area contributed by atoms with E-state index < -0.39 is 10.0 Å². The third-order valence-corrected chi connectivity index (χ3v) is 8.93. The van der Waals surface area contributed by atoms with Crippen LogP contribution in [0.3, 0.4) is 0 Å². The Bertz CT molecular complexity index is 1260. The van der Waals surface area contributed by atoms with E-state index in [1.807, 2.05) is 0 Å². The molecule has 8 nitrogen and oxygen atoms in total. The summed E-state index contributed by atoms with van der Waals surface area (Å²) in [5.41, 5.74) is 0.970. The zero-order valence-electron chi connectivity index (χ0n) is 20.3. The van der Waals surface area contributed by atoms with Crippen LogP contribution in [0.1, 0.15) is 24.2 Å². The van der Waals surface area contributed by atoms with Gasteiger partial charge in [-0.05, 0) is 49.5 Å². The highest BCUT2D eigenvalue weighted by Gasteiger charge is 2.25. The number of carbonyl (C=O) groups is 1. The summed E-state index contributed by atoms with van der Waals surface area (Å²) < 4.78 is 32.1. The number of aromatic nitrogens is 1. The highest BCUT2D eigenvalue weighted by atomic mass is 35.5. The summed E-state index contributed by atoms with van der Waals surface area (Å²) in [6.07, 6.45) is 0. The number of ether oxygens (including phenoxy) is 1. The minimum absolute atomic E-state index is 0. The molecule has 1 aromatic heterocycles. The van der Waals surface area contributed by atoms with Gasteiger partial charge >= 0.3 is 0 Å². The third-order valence-electron chi connectivity index (χ3n) is 5.56. The lowest BCUT2D eigenvalue weighted by atomic mass is 10.2. The predicted molar refractivity (Wildman–Crippen MR) is 145 cm³/mol. The molecule has 0 spiro atoms. The molecule has 0 aliphatic heterocycles. The fourth-order valence-corrected chi connectivity index (χ4v) is 5.61. The van der Waals surface area contributed by atoms with Gasteiger partial charge < -0.3 is 9.64 Å². The Balaban J connectivity index is 0.00000432. The topological polar surface area (TPSA) is 83.1 Å². The number of sulfonamides is 1. The van der Waals surface area contributed by atoms with Crippen LogP contribution in [-0.2, 0) is 10.0 Å². The molecule has 3 rings (SSSR count). The van der Waals surface area contributed by atoms with E-state index in [2.05, 4.69) is 18.7 Å². The first kappa shape index (κ1) is 29.3. The summed E-state index contributed by atoms with van der Waals surface area (Å²) in [5, 5.41) is 1.04. The fourth-order valence-electron chi connectivity index (χ4n) is 3.42. The molecule has 1 amide bonds. The highest BCUT2D eigenvalue weighted by Crippen LogP contribution is 2.39. The van der Waals surface area contributed by atoms with Crippen LogP contribution >= 0.6 is 35.3 Å². The molecule has 0 atom stereocenters. The van der Waals surface area contributed by atoms with Crippen LogP contribution in [-0.4, -0.2) is 75.9 Å². The van der Waals surface area contributed by atoms with Crippen molar-refractivity contribution in [3.8, 4) is 5.75 Å². The highest BCUT2D eigenvalue weighted by molar-refractivity contribution is 7.89. The van der Waals surface area contributed by atoms with E-state index in [1.165, 1.54) is 49.7 Å². The lowest BCUT2D eigenvalue weighted by molar-refractivity contribution is 0.0983. The average Bonchev–Trinajstić information content (AvgIpc) is 3.28. The van der Waals surface area contributed by atoms with Crippen molar-refractivity contribution in [3.05, 3.63) is 47.0 Å². The van der Waals surface area contributed by atoms with Crippen LogP contribution in [0.2, 0.25) is 5.02 Å². The van der Waals surface area contributed by atoms with Gasteiger partial charge in [0.1, 0.15) is 11.3 Å². The van der Waals surface area contributed by atoms with Crippen LogP contribution in [0, 0.1) is 0 Å². The molecule has 12 heteroatoms. The van der Waals surface area contributed by atoms with Crippen molar-refractivity contribution in [2.24, 2.45) is 0 Å². The van der Waals surface area contributed by atoms with E-state index in [0.717, 1.165) is 22.1 Å². The van der Waals surface area contributed by atoms with Gasteiger partial charge in [-0.25, -0.2) is 17.7 Å². The summed E-state index contributed by atoms with van der Waals surface area (Å²) in [5.74, 6) is 0.311. The number of hydrogen-bond acceptors (Lipinski definition) is 7. The van der Waals surface area contributed by atoms with Crippen molar-refractivity contribution >= 4 is 66.6 Å². The summed E-state index contributed by atoms with van der Waals surface area (Å²) >= 11 is 7.72. The second-order valence-electron chi connectivity index (χ2n) is 7.72. The second kappa shape index (κ2) is 12.3. The number of methoxy groups -OCH3 is 1. The van der Waals surface area contributed by atoms with Gasteiger partial charge in [0.15, 0.2) is 5.13 Å². The molecular formula is C23H30Cl2N4O4S2. The molecule has 0 saturated carbocycles. The van der Waals surface area contributed by atoms with Crippen LogP contribution in [0.5, 0.6) is 5.75 Å². The molecule has 0 bridgehead atoms. The Morgan fingerprint density at radius 1 is 1.06 bits per heavy atom. The Morgan fingerprint density at radius 2 is 1.69 bits per heavy atom. The van der Waals surface area contributed by atoms with Crippen LogP contribution in [0.15, 0.2) is 41.3 Å². The van der Waals surface area contributed by atoms with Crippen molar-refractivity contribution in [1.82, 2.24) is 14.2 Å². The number of rotatable bonds is 10. The molecule has 192 valence electrons. The average molecular weight is 562 g/mol. The summed E-state index contributed by atoms with van der Waals surface area (Å²) in [6, 6.07) is 9.46. The predicted octanol–water partition coefficient (Wildman–Crippen LogP) is 4.62. The van der Waals surface area contributed by atoms with E-state index >= 15 is 0 Å². The zero-order chi connectivity index (χ0) is 25.0. The molecule has 2 aromatic carbocycles. The van der Waals surface area contributed by atoms with Crippen LogP contribution in [0.4, 0.5) is 5.13 Å². The quantitative estimate of drug-likeness (QED) is 0.359. The number of carbonyl (C=O) groups excluding carboxylic acids is 1. The lowest BCUT2D eigenvalue weighted by Crippen LogP contribution is -2.38.